The van der Waals surface area contributed by atoms with E-state index in [0.717, 1.165) is 16.7 Å². The summed E-state index contributed by atoms with van der Waals surface area (Å²) in [5.74, 6) is -1.05. The number of carboxylic acid groups (broad SMARTS) is 1. The van der Waals surface area contributed by atoms with Gasteiger partial charge in [0.1, 0.15) is 5.69 Å². The SMILES string of the molecule is CCn1nnc(C(=O)O)c1-c1cc(C)c(C)cc1C. The van der Waals surface area contributed by atoms with E-state index in [2.05, 4.69) is 16.4 Å². The second-order valence-corrected chi connectivity index (χ2v) is 4.66. The van der Waals surface area contributed by atoms with Crippen LogP contribution in [-0.4, -0.2) is 26.1 Å². The molecule has 0 unspecified atom stereocenters. The highest BCUT2D eigenvalue weighted by atomic mass is 16.4. The third kappa shape index (κ3) is 2.23. The van der Waals surface area contributed by atoms with Gasteiger partial charge in [-0.2, -0.15) is 0 Å². The van der Waals surface area contributed by atoms with E-state index in [1.165, 1.54) is 5.56 Å². The van der Waals surface area contributed by atoms with E-state index in [0.29, 0.717) is 12.2 Å². The molecule has 5 nitrogen and oxygen atoms in total. The fourth-order valence-corrected chi connectivity index (χ4v) is 2.16. The predicted octanol–water partition coefficient (Wildman–Crippen LogP) is 2.59. The highest BCUT2D eigenvalue weighted by Gasteiger charge is 2.21. The molecule has 1 aromatic heterocycles. The molecule has 19 heavy (non-hydrogen) atoms. The van der Waals surface area contributed by atoms with Gasteiger partial charge in [-0.1, -0.05) is 11.3 Å². The van der Waals surface area contributed by atoms with Crippen LogP contribution in [0.25, 0.3) is 11.3 Å². The van der Waals surface area contributed by atoms with Crippen LogP contribution in [0.5, 0.6) is 0 Å². The van der Waals surface area contributed by atoms with Gasteiger partial charge < -0.3 is 5.11 Å². The molecule has 0 bridgehead atoms. The van der Waals surface area contributed by atoms with E-state index in [9.17, 15) is 9.90 Å². The fourth-order valence-electron chi connectivity index (χ4n) is 2.16. The van der Waals surface area contributed by atoms with Crippen LogP contribution >= 0.6 is 0 Å². The minimum absolute atomic E-state index is 0.00760. The number of rotatable bonds is 3. The van der Waals surface area contributed by atoms with Crippen LogP contribution in [-0.2, 0) is 6.54 Å². The summed E-state index contributed by atoms with van der Waals surface area (Å²) in [7, 11) is 0. The Kier molecular flexibility index (Phi) is 3.38. The summed E-state index contributed by atoms with van der Waals surface area (Å²) >= 11 is 0. The predicted molar refractivity (Wildman–Crippen MR) is 72.3 cm³/mol. The molecule has 0 amide bonds. The maximum Gasteiger partial charge on any atom is 0.358 e. The van der Waals surface area contributed by atoms with Crippen LogP contribution in [0.2, 0.25) is 0 Å². The molecule has 0 radical (unpaired) electrons. The second-order valence-electron chi connectivity index (χ2n) is 4.66. The quantitative estimate of drug-likeness (QED) is 0.919. The minimum Gasteiger partial charge on any atom is -0.476 e. The van der Waals surface area contributed by atoms with Crippen molar-refractivity contribution in [3.05, 3.63) is 34.5 Å². The van der Waals surface area contributed by atoms with Crippen LogP contribution in [0.3, 0.4) is 0 Å². The van der Waals surface area contributed by atoms with Gasteiger partial charge in [0.2, 0.25) is 0 Å². The fraction of sp³-hybridized carbons (Fsp3) is 0.357. The Morgan fingerprint density at radius 3 is 2.42 bits per heavy atom. The summed E-state index contributed by atoms with van der Waals surface area (Å²) in [6.07, 6.45) is 0. The van der Waals surface area contributed by atoms with Crippen LogP contribution < -0.4 is 0 Å². The summed E-state index contributed by atoms with van der Waals surface area (Å²) < 4.78 is 1.63. The third-order valence-corrected chi connectivity index (χ3v) is 3.33. The molecule has 0 fully saturated rings. The lowest BCUT2D eigenvalue weighted by atomic mass is 9.97. The highest BCUT2D eigenvalue weighted by molar-refractivity contribution is 5.93. The van der Waals surface area contributed by atoms with Crippen LogP contribution in [0.4, 0.5) is 0 Å². The number of nitrogens with zero attached hydrogens (tertiary/aromatic N) is 3. The van der Waals surface area contributed by atoms with Crippen molar-refractivity contribution >= 4 is 5.97 Å². The molecular weight excluding hydrogens is 242 g/mol. The van der Waals surface area contributed by atoms with Crippen molar-refractivity contribution in [2.24, 2.45) is 0 Å². The topological polar surface area (TPSA) is 68.0 Å². The molecule has 0 aliphatic heterocycles. The van der Waals surface area contributed by atoms with E-state index in [1.54, 1.807) is 4.68 Å². The number of carbonyl (C=O) groups is 1. The normalized spacial score (nSPS) is 10.7. The summed E-state index contributed by atoms with van der Waals surface area (Å²) in [4.78, 5) is 11.3. The number of aromatic carboxylic acids is 1. The molecule has 0 aliphatic rings. The lowest BCUT2D eigenvalue weighted by Gasteiger charge is -2.11. The van der Waals surface area contributed by atoms with Gasteiger partial charge >= 0.3 is 5.97 Å². The first-order chi connectivity index (χ1) is 8.95. The zero-order valence-electron chi connectivity index (χ0n) is 11.6. The molecule has 0 atom stereocenters. The van der Waals surface area contributed by atoms with Gasteiger partial charge in [-0.15, -0.1) is 5.10 Å². The molecule has 1 heterocycles. The molecule has 0 saturated carbocycles. The number of hydrogen-bond acceptors (Lipinski definition) is 3. The van der Waals surface area contributed by atoms with Crippen molar-refractivity contribution in [1.82, 2.24) is 15.0 Å². The third-order valence-electron chi connectivity index (χ3n) is 3.33. The van der Waals surface area contributed by atoms with Gasteiger partial charge in [0.25, 0.3) is 0 Å². The lowest BCUT2D eigenvalue weighted by Crippen LogP contribution is -2.05. The average molecular weight is 259 g/mol. The second kappa shape index (κ2) is 4.84. The number of benzene rings is 1. The van der Waals surface area contributed by atoms with Crippen LogP contribution in [0, 0.1) is 20.8 Å². The van der Waals surface area contributed by atoms with Gasteiger partial charge in [-0.05, 0) is 50.5 Å². The molecule has 100 valence electrons. The van der Waals surface area contributed by atoms with E-state index in [-0.39, 0.29) is 5.69 Å². The van der Waals surface area contributed by atoms with Crippen LogP contribution in [0.15, 0.2) is 12.1 Å². The summed E-state index contributed by atoms with van der Waals surface area (Å²) in [6, 6.07) is 4.06. The standard InChI is InChI=1S/C14H17N3O2/c1-5-17-13(12(14(18)19)15-16-17)11-7-9(3)8(2)6-10(11)4/h6-7H,5H2,1-4H3,(H,18,19). The smallest absolute Gasteiger partial charge is 0.358 e. The largest absolute Gasteiger partial charge is 0.476 e. The van der Waals surface area contributed by atoms with Gasteiger partial charge in [-0.25, -0.2) is 9.48 Å². The molecule has 0 spiro atoms. The highest BCUT2D eigenvalue weighted by Crippen LogP contribution is 2.28. The molecule has 2 rings (SSSR count). The Morgan fingerprint density at radius 1 is 1.21 bits per heavy atom. The number of hydrogen-bond donors (Lipinski definition) is 1. The van der Waals surface area contributed by atoms with Gasteiger partial charge in [0.05, 0.1) is 0 Å². The van der Waals surface area contributed by atoms with Gasteiger partial charge in [-0.3, -0.25) is 0 Å². The first kappa shape index (κ1) is 13.3. The van der Waals surface area contributed by atoms with Crippen molar-refractivity contribution in [2.75, 3.05) is 0 Å². The zero-order valence-corrected chi connectivity index (χ0v) is 11.6. The molecular formula is C14H17N3O2. The van der Waals surface area contributed by atoms with Crippen LogP contribution in [0.1, 0.15) is 34.1 Å². The molecule has 1 aromatic carbocycles. The summed E-state index contributed by atoms with van der Waals surface area (Å²) in [6.45, 7) is 8.53. The Labute approximate surface area is 111 Å². The van der Waals surface area contributed by atoms with Crippen molar-refractivity contribution in [2.45, 2.75) is 34.2 Å². The van der Waals surface area contributed by atoms with Crippen molar-refractivity contribution in [3.8, 4) is 11.3 Å². The first-order valence-electron chi connectivity index (χ1n) is 6.20. The molecule has 0 saturated heterocycles. The first-order valence-corrected chi connectivity index (χ1v) is 6.20. The maximum absolute atomic E-state index is 11.3. The summed E-state index contributed by atoms with van der Waals surface area (Å²) in [5, 5.41) is 16.9. The Hall–Kier alpha value is -2.17. The minimum atomic E-state index is -1.05. The number of aryl methyl sites for hydroxylation is 4. The number of carboxylic acids is 1. The lowest BCUT2D eigenvalue weighted by molar-refractivity contribution is 0.0691. The van der Waals surface area contributed by atoms with Crippen molar-refractivity contribution < 1.29 is 9.90 Å². The molecule has 2 aromatic rings. The molecule has 1 N–H and O–H groups in total. The summed E-state index contributed by atoms with van der Waals surface area (Å²) in [5.41, 5.74) is 4.81. The monoisotopic (exact) mass is 259 g/mol. The van der Waals surface area contributed by atoms with E-state index < -0.39 is 5.97 Å². The number of aromatic nitrogens is 3. The Bertz CT molecular complexity index is 644. The van der Waals surface area contributed by atoms with E-state index >= 15 is 0 Å². The van der Waals surface area contributed by atoms with E-state index in [1.807, 2.05) is 33.8 Å². The van der Waals surface area contributed by atoms with Gasteiger partial charge in [0, 0.05) is 12.1 Å². The molecule has 0 aliphatic carbocycles. The zero-order chi connectivity index (χ0) is 14.2. The maximum atomic E-state index is 11.3. The molecule has 5 heteroatoms. The van der Waals surface area contributed by atoms with E-state index in [4.69, 9.17) is 0 Å². The Balaban J connectivity index is 2.74. The van der Waals surface area contributed by atoms with Crippen molar-refractivity contribution in [1.29, 1.82) is 0 Å². The average Bonchev–Trinajstić information content (AvgIpc) is 2.77. The Morgan fingerprint density at radius 2 is 1.84 bits per heavy atom. The van der Waals surface area contributed by atoms with Crippen molar-refractivity contribution in [3.63, 3.8) is 0 Å². The van der Waals surface area contributed by atoms with Gasteiger partial charge in [0.15, 0.2) is 5.69 Å².